The number of hydrogen-bond acceptors (Lipinski definition) is 4. The maximum Gasteiger partial charge on any atom is 0.286 e. The van der Waals surface area contributed by atoms with Crippen molar-refractivity contribution in [2.24, 2.45) is 10.9 Å². The molecule has 7 heteroatoms. The highest BCUT2D eigenvalue weighted by Crippen LogP contribution is 2.04. The molecule has 96 valence electrons. The zero-order valence-corrected chi connectivity index (χ0v) is 9.74. The van der Waals surface area contributed by atoms with Crippen LogP contribution in [0.2, 0.25) is 0 Å². The van der Waals surface area contributed by atoms with E-state index in [0.29, 0.717) is 5.56 Å². The van der Waals surface area contributed by atoms with Crippen molar-refractivity contribution in [3.63, 3.8) is 0 Å². The van der Waals surface area contributed by atoms with Gasteiger partial charge in [-0.1, -0.05) is 6.92 Å². The predicted molar refractivity (Wildman–Crippen MR) is 63.7 cm³/mol. The number of nitrogens with one attached hydrogen (secondary N) is 2. The molecule has 1 aromatic carbocycles. The Morgan fingerprint density at radius 1 is 1.33 bits per heavy atom. The fourth-order valence-electron chi connectivity index (χ4n) is 1.12. The third-order valence-electron chi connectivity index (χ3n) is 2.08. The molecule has 0 fully saturated rings. The van der Waals surface area contributed by atoms with Crippen LogP contribution in [0.4, 0.5) is 4.39 Å². The largest absolute Gasteiger partial charge is 0.289 e. The summed E-state index contributed by atoms with van der Waals surface area (Å²) in [6.45, 7) is 1.64. The first-order valence-electron chi connectivity index (χ1n) is 5.22. The molecule has 0 saturated carbocycles. The minimum Gasteiger partial charge on any atom is -0.289 e. The molecular formula is C11H13FN4O2. The Morgan fingerprint density at radius 3 is 2.44 bits per heavy atom. The normalized spacial score (nSPS) is 10.9. The number of carbonyl (C=O) groups excluding carboxylic acids is 2. The first-order chi connectivity index (χ1) is 8.58. The monoisotopic (exact) mass is 252 g/mol. The quantitative estimate of drug-likeness (QED) is 0.305. The van der Waals surface area contributed by atoms with Crippen molar-refractivity contribution in [2.75, 3.05) is 0 Å². The summed E-state index contributed by atoms with van der Waals surface area (Å²) in [6, 6.07) is 5.08. The van der Waals surface area contributed by atoms with Gasteiger partial charge in [-0.3, -0.25) is 15.0 Å². The summed E-state index contributed by atoms with van der Waals surface area (Å²) in [4.78, 5) is 22.6. The summed E-state index contributed by atoms with van der Waals surface area (Å²) >= 11 is 0. The van der Waals surface area contributed by atoms with Crippen LogP contribution in [0.5, 0.6) is 0 Å². The predicted octanol–water partition coefficient (Wildman–Crippen LogP) is 0.0459. The van der Waals surface area contributed by atoms with Crippen molar-refractivity contribution in [3.8, 4) is 0 Å². The van der Waals surface area contributed by atoms with E-state index in [1.807, 2.05) is 5.43 Å². The second-order valence-electron chi connectivity index (χ2n) is 3.33. The molecule has 0 spiro atoms. The number of nitrogens with zero attached hydrogens (tertiary/aromatic N) is 1. The fraction of sp³-hybridized carbons (Fsp3) is 0.182. The molecule has 0 bridgehead atoms. The molecule has 2 amide bonds. The lowest BCUT2D eigenvalue weighted by Gasteiger charge is -2.05. The Hall–Kier alpha value is -2.28. The molecule has 1 aromatic rings. The summed E-state index contributed by atoms with van der Waals surface area (Å²) in [5.74, 6) is 3.54. The molecule has 0 aliphatic heterocycles. The average Bonchev–Trinajstić information content (AvgIpc) is 2.40. The van der Waals surface area contributed by atoms with Gasteiger partial charge in [-0.2, -0.15) is 5.10 Å². The number of amides is 2. The topological polar surface area (TPSA) is 96.6 Å². The van der Waals surface area contributed by atoms with E-state index in [-0.39, 0.29) is 18.0 Å². The Kier molecular flexibility index (Phi) is 4.94. The van der Waals surface area contributed by atoms with Crippen LogP contribution in [0.15, 0.2) is 29.4 Å². The number of nitrogens with two attached hydrogens (primary N) is 1. The lowest BCUT2D eigenvalue weighted by molar-refractivity contribution is -0.120. The first kappa shape index (κ1) is 13.8. The molecular weight excluding hydrogens is 239 g/mol. The third kappa shape index (κ3) is 3.63. The number of hydrazine groups is 1. The molecule has 0 aliphatic carbocycles. The van der Waals surface area contributed by atoms with Crippen molar-refractivity contribution in [1.29, 1.82) is 0 Å². The van der Waals surface area contributed by atoms with Crippen molar-refractivity contribution in [3.05, 3.63) is 35.6 Å². The van der Waals surface area contributed by atoms with Crippen LogP contribution < -0.4 is 16.7 Å². The molecule has 4 N–H and O–H groups in total. The van der Waals surface area contributed by atoms with E-state index in [4.69, 9.17) is 5.84 Å². The summed E-state index contributed by atoms with van der Waals surface area (Å²) in [6.07, 6.45) is 0.227. The van der Waals surface area contributed by atoms with Gasteiger partial charge in [-0.25, -0.2) is 15.7 Å². The van der Waals surface area contributed by atoms with Crippen LogP contribution in [0, 0.1) is 5.82 Å². The van der Waals surface area contributed by atoms with Gasteiger partial charge in [0.25, 0.3) is 5.91 Å². The summed E-state index contributed by atoms with van der Waals surface area (Å²) in [5, 5.41) is 3.67. The molecule has 18 heavy (non-hydrogen) atoms. The Morgan fingerprint density at radius 2 is 1.94 bits per heavy atom. The van der Waals surface area contributed by atoms with Gasteiger partial charge in [0.1, 0.15) is 5.82 Å². The molecule has 0 heterocycles. The smallest absolute Gasteiger partial charge is 0.286 e. The highest BCUT2D eigenvalue weighted by molar-refractivity contribution is 6.45. The maximum atomic E-state index is 12.8. The van der Waals surface area contributed by atoms with Gasteiger partial charge in [0.15, 0.2) is 5.71 Å². The molecule has 6 nitrogen and oxygen atoms in total. The van der Waals surface area contributed by atoms with Crippen LogP contribution in [0.3, 0.4) is 0 Å². The van der Waals surface area contributed by atoms with Crippen molar-refractivity contribution >= 4 is 17.5 Å². The highest BCUT2D eigenvalue weighted by Gasteiger charge is 2.13. The Labute approximate surface area is 103 Å². The number of carbonyl (C=O) groups is 2. The molecule has 1 rings (SSSR count). The van der Waals surface area contributed by atoms with Gasteiger partial charge < -0.3 is 0 Å². The van der Waals surface area contributed by atoms with Gasteiger partial charge in [-0.05, 0) is 24.3 Å². The van der Waals surface area contributed by atoms with Crippen molar-refractivity contribution < 1.29 is 14.0 Å². The third-order valence-corrected chi connectivity index (χ3v) is 2.08. The standard InChI is InChI=1S/C11H13FN4O2/c1-2-9(17)15-16-10(11(18)14-13)7-3-5-8(12)6-4-7/h3-6H,2,13H2,1H3,(H,14,18)(H,15,17). The Bertz CT molecular complexity index is 470. The molecule has 0 aliphatic rings. The van der Waals surface area contributed by atoms with Crippen LogP contribution in [-0.2, 0) is 9.59 Å². The molecule has 0 saturated heterocycles. The zero-order valence-electron chi connectivity index (χ0n) is 9.74. The van der Waals surface area contributed by atoms with E-state index in [9.17, 15) is 14.0 Å². The van der Waals surface area contributed by atoms with Gasteiger partial charge in [0, 0.05) is 12.0 Å². The number of halogens is 1. The minimum absolute atomic E-state index is 0.0979. The lowest BCUT2D eigenvalue weighted by atomic mass is 10.1. The number of hydrazone groups is 1. The average molecular weight is 252 g/mol. The fourth-order valence-corrected chi connectivity index (χ4v) is 1.12. The van der Waals surface area contributed by atoms with Gasteiger partial charge >= 0.3 is 0 Å². The van der Waals surface area contributed by atoms with Crippen LogP contribution in [-0.4, -0.2) is 17.5 Å². The first-order valence-corrected chi connectivity index (χ1v) is 5.22. The maximum absolute atomic E-state index is 12.8. The second kappa shape index (κ2) is 6.45. The van der Waals surface area contributed by atoms with E-state index in [1.54, 1.807) is 6.92 Å². The van der Waals surface area contributed by atoms with E-state index in [2.05, 4.69) is 10.5 Å². The Balaban J connectivity index is 3.01. The molecule has 0 aromatic heterocycles. The zero-order chi connectivity index (χ0) is 13.5. The summed E-state index contributed by atoms with van der Waals surface area (Å²) in [7, 11) is 0. The lowest BCUT2D eigenvalue weighted by Crippen LogP contribution is -2.38. The van der Waals surface area contributed by atoms with E-state index in [0.717, 1.165) is 0 Å². The molecule has 0 unspecified atom stereocenters. The molecule has 0 atom stereocenters. The summed E-state index contributed by atoms with van der Waals surface area (Å²) in [5.41, 5.74) is 4.35. The number of benzene rings is 1. The van der Waals surface area contributed by atoms with E-state index >= 15 is 0 Å². The summed E-state index contributed by atoms with van der Waals surface area (Å²) < 4.78 is 12.8. The van der Waals surface area contributed by atoms with E-state index < -0.39 is 11.7 Å². The van der Waals surface area contributed by atoms with E-state index in [1.165, 1.54) is 24.3 Å². The second-order valence-corrected chi connectivity index (χ2v) is 3.33. The minimum atomic E-state index is -0.682. The van der Waals surface area contributed by atoms with Gasteiger partial charge in [0.2, 0.25) is 5.91 Å². The highest BCUT2D eigenvalue weighted by atomic mass is 19.1. The SMILES string of the molecule is CCC(=O)NN=C(C(=O)NN)c1ccc(F)cc1. The van der Waals surface area contributed by atoms with Crippen molar-refractivity contribution in [1.82, 2.24) is 10.9 Å². The number of hydrogen-bond donors (Lipinski definition) is 3. The number of rotatable bonds is 4. The van der Waals surface area contributed by atoms with Gasteiger partial charge in [-0.15, -0.1) is 0 Å². The van der Waals surface area contributed by atoms with Crippen LogP contribution in [0.25, 0.3) is 0 Å². The van der Waals surface area contributed by atoms with Gasteiger partial charge in [0.05, 0.1) is 0 Å². The van der Waals surface area contributed by atoms with Crippen LogP contribution >= 0.6 is 0 Å². The van der Waals surface area contributed by atoms with Crippen molar-refractivity contribution in [2.45, 2.75) is 13.3 Å². The van der Waals surface area contributed by atoms with Crippen LogP contribution in [0.1, 0.15) is 18.9 Å². The molecule has 0 radical (unpaired) electrons.